The highest BCUT2D eigenvalue weighted by Crippen LogP contribution is 2.29. The summed E-state index contributed by atoms with van der Waals surface area (Å²) in [7, 11) is 0. The molecule has 0 amide bonds. The van der Waals surface area contributed by atoms with Crippen LogP contribution in [0.3, 0.4) is 0 Å². The van der Waals surface area contributed by atoms with Crippen LogP contribution in [0.15, 0.2) is 40.9 Å². The zero-order chi connectivity index (χ0) is 14.7. The molecule has 0 saturated carbocycles. The minimum absolute atomic E-state index is 0.264. The van der Waals surface area contributed by atoms with Crippen molar-refractivity contribution < 1.29 is 9.13 Å². The van der Waals surface area contributed by atoms with Gasteiger partial charge in [-0.25, -0.2) is 4.39 Å². The monoisotopic (exact) mass is 337 g/mol. The van der Waals surface area contributed by atoms with E-state index in [0.717, 1.165) is 26.9 Å². The van der Waals surface area contributed by atoms with Crippen molar-refractivity contribution >= 4 is 15.9 Å². The van der Waals surface area contributed by atoms with Gasteiger partial charge in [0.15, 0.2) is 0 Å². The lowest BCUT2D eigenvalue weighted by atomic mass is 10.1. The molecule has 0 saturated heterocycles. The van der Waals surface area contributed by atoms with Crippen molar-refractivity contribution in [3.05, 3.63) is 63.4 Å². The summed E-state index contributed by atoms with van der Waals surface area (Å²) in [6.45, 7) is 4.36. The molecule has 2 N–H and O–H groups in total. The number of halogens is 2. The van der Waals surface area contributed by atoms with Gasteiger partial charge in [-0.05, 0) is 54.8 Å². The lowest BCUT2D eigenvalue weighted by Crippen LogP contribution is -2.18. The van der Waals surface area contributed by atoms with Gasteiger partial charge in [0.2, 0.25) is 0 Å². The van der Waals surface area contributed by atoms with E-state index >= 15 is 0 Å². The Morgan fingerprint density at radius 3 is 2.20 bits per heavy atom. The maximum Gasteiger partial charge on any atom is 0.136 e. The van der Waals surface area contributed by atoms with Crippen LogP contribution in [0.2, 0.25) is 0 Å². The van der Waals surface area contributed by atoms with Gasteiger partial charge in [-0.1, -0.05) is 28.1 Å². The minimum Gasteiger partial charge on any atom is -0.484 e. The van der Waals surface area contributed by atoms with E-state index in [0.29, 0.717) is 6.54 Å². The van der Waals surface area contributed by atoms with E-state index in [1.165, 1.54) is 12.1 Å². The van der Waals surface area contributed by atoms with E-state index in [2.05, 4.69) is 15.9 Å². The zero-order valence-electron chi connectivity index (χ0n) is 11.5. The fourth-order valence-corrected chi connectivity index (χ4v) is 2.30. The zero-order valence-corrected chi connectivity index (χ0v) is 13.1. The molecule has 0 fully saturated rings. The molecule has 2 aromatic rings. The van der Waals surface area contributed by atoms with Gasteiger partial charge in [0, 0.05) is 11.0 Å². The van der Waals surface area contributed by atoms with Crippen molar-refractivity contribution in [3.63, 3.8) is 0 Å². The Morgan fingerprint density at radius 1 is 1.15 bits per heavy atom. The lowest BCUT2D eigenvalue weighted by Gasteiger charge is -2.19. The van der Waals surface area contributed by atoms with Gasteiger partial charge >= 0.3 is 0 Å². The molecule has 1 unspecified atom stereocenters. The Balaban J connectivity index is 2.24. The Kier molecular flexibility index (Phi) is 4.78. The molecule has 0 heterocycles. The summed E-state index contributed by atoms with van der Waals surface area (Å²) in [5, 5.41) is 0. The van der Waals surface area contributed by atoms with Gasteiger partial charge in [0.05, 0.1) is 0 Å². The van der Waals surface area contributed by atoms with E-state index in [4.69, 9.17) is 10.5 Å². The number of nitrogens with two attached hydrogens (primary N) is 1. The highest BCUT2D eigenvalue weighted by atomic mass is 79.9. The molecule has 0 aliphatic heterocycles. The summed E-state index contributed by atoms with van der Waals surface area (Å²) in [6, 6.07) is 10.2. The maximum atomic E-state index is 13.0. The predicted octanol–water partition coefficient (Wildman–Crippen LogP) is 4.28. The molecule has 0 bridgehead atoms. The summed E-state index contributed by atoms with van der Waals surface area (Å²) >= 11 is 3.53. The molecule has 2 nitrogen and oxygen atoms in total. The predicted molar refractivity (Wildman–Crippen MR) is 82.4 cm³/mol. The van der Waals surface area contributed by atoms with Crippen LogP contribution in [0, 0.1) is 19.7 Å². The van der Waals surface area contributed by atoms with Gasteiger partial charge < -0.3 is 10.5 Å². The molecular formula is C16H17BrFNO. The number of hydrogen-bond acceptors (Lipinski definition) is 2. The molecule has 0 aliphatic rings. The van der Waals surface area contributed by atoms with E-state index in [1.807, 2.05) is 26.0 Å². The molecular weight excluding hydrogens is 321 g/mol. The molecule has 0 radical (unpaired) electrons. The fraction of sp³-hybridized carbons (Fsp3) is 0.250. The van der Waals surface area contributed by atoms with E-state index in [1.54, 1.807) is 12.1 Å². The SMILES string of the molecule is Cc1cc(OC(CN)c2ccc(F)cc2)cc(C)c1Br. The van der Waals surface area contributed by atoms with Crippen molar-refractivity contribution in [2.45, 2.75) is 20.0 Å². The van der Waals surface area contributed by atoms with Crippen LogP contribution >= 0.6 is 15.9 Å². The lowest BCUT2D eigenvalue weighted by molar-refractivity contribution is 0.214. The van der Waals surface area contributed by atoms with E-state index in [9.17, 15) is 4.39 Å². The average molecular weight is 338 g/mol. The molecule has 0 spiro atoms. The largest absolute Gasteiger partial charge is 0.484 e. The van der Waals surface area contributed by atoms with Gasteiger partial charge in [0.25, 0.3) is 0 Å². The second kappa shape index (κ2) is 6.37. The summed E-state index contributed by atoms with van der Waals surface area (Å²) in [4.78, 5) is 0. The van der Waals surface area contributed by atoms with Crippen LogP contribution in [0.4, 0.5) is 4.39 Å². The number of rotatable bonds is 4. The van der Waals surface area contributed by atoms with Crippen LogP contribution in [0.5, 0.6) is 5.75 Å². The number of benzene rings is 2. The first-order valence-corrected chi connectivity index (χ1v) is 7.19. The summed E-state index contributed by atoms with van der Waals surface area (Å²) in [5.41, 5.74) is 8.85. The fourth-order valence-electron chi connectivity index (χ4n) is 2.07. The van der Waals surface area contributed by atoms with Gasteiger partial charge in [0.1, 0.15) is 17.7 Å². The smallest absolute Gasteiger partial charge is 0.136 e. The number of ether oxygens (including phenoxy) is 1. The highest BCUT2D eigenvalue weighted by Gasteiger charge is 2.13. The Hall–Kier alpha value is -1.39. The standard InChI is InChI=1S/C16H17BrFNO/c1-10-7-14(8-11(2)16(10)17)20-15(9-19)12-3-5-13(18)6-4-12/h3-8,15H,9,19H2,1-2H3. The van der Waals surface area contributed by atoms with Gasteiger partial charge in [-0.3, -0.25) is 0 Å². The van der Waals surface area contributed by atoms with Crippen LogP contribution in [0.1, 0.15) is 22.8 Å². The van der Waals surface area contributed by atoms with Crippen LogP contribution in [-0.2, 0) is 0 Å². The first-order valence-electron chi connectivity index (χ1n) is 6.40. The number of aryl methyl sites for hydroxylation is 2. The molecule has 1 atom stereocenters. The van der Waals surface area contributed by atoms with Crippen molar-refractivity contribution in [1.29, 1.82) is 0 Å². The van der Waals surface area contributed by atoms with Crippen LogP contribution < -0.4 is 10.5 Å². The van der Waals surface area contributed by atoms with Crippen molar-refractivity contribution in [3.8, 4) is 5.75 Å². The van der Waals surface area contributed by atoms with Crippen molar-refractivity contribution in [2.24, 2.45) is 5.73 Å². The molecule has 2 aromatic carbocycles. The second-order valence-corrected chi connectivity index (χ2v) is 5.56. The Bertz CT molecular complexity index is 575. The minimum atomic E-state index is -0.282. The molecule has 20 heavy (non-hydrogen) atoms. The van der Waals surface area contributed by atoms with Crippen LogP contribution in [-0.4, -0.2) is 6.54 Å². The summed E-state index contributed by atoms with van der Waals surface area (Å²) in [5.74, 6) is 0.503. The third-order valence-electron chi connectivity index (χ3n) is 3.14. The topological polar surface area (TPSA) is 35.2 Å². The first-order chi connectivity index (χ1) is 9.51. The molecule has 2 rings (SSSR count). The third-order valence-corrected chi connectivity index (χ3v) is 4.40. The summed E-state index contributed by atoms with van der Waals surface area (Å²) < 4.78 is 20.0. The van der Waals surface area contributed by atoms with Gasteiger partial charge in [-0.15, -0.1) is 0 Å². The van der Waals surface area contributed by atoms with Crippen LogP contribution in [0.25, 0.3) is 0 Å². The van der Waals surface area contributed by atoms with Crippen molar-refractivity contribution in [1.82, 2.24) is 0 Å². The summed E-state index contributed by atoms with van der Waals surface area (Å²) in [6.07, 6.45) is -0.282. The van der Waals surface area contributed by atoms with E-state index < -0.39 is 0 Å². The molecule has 4 heteroatoms. The molecule has 106 valence electrons. The normalized spacial score (nSPS) is 12.2. The second-order valence-electron chi connectivity index (χ2n) is 4.76. The Morgan fingerprint density at radius 2 is 1.70 bits per heavy atom. The number of hydrogen-bond donors (Lipinski definition) is 1. The third kappa shape index (κ3) is 3.38. The van der Waals surface area contributed by atoms with Crippen molar-refractivity contribution in [2.75, 3.05) is 6.54 Å². The highest BCUT2D eigenvalue weighted by molar-refractivity contribution is 9.10. The quantitative estimate of drug-likeness (QED) is 0.903. The first kappa shape index (κ1) is 15.0. The van der Waals surface area contributed by atoms with Gasteiger partial charge in [-0.2, -0.15) is 0 Å². The molecule has 0 aliphatic carbocycles. The Labute approximate surface area is 126 Å². The molecule has 0 aromatic heterocycles. The van der Waals surface area contributed by atoms with E-state index in [-0.39, 0.29) is 11.9 Å². The average Bonchev–Trinajstić information content (AvgIpc) is 2.43. The maximum absolute atomic E-state index is 13.0.